The molecule has 0 radical (unpaired) electrons. The van der Waals surface area contributed by atoms with Crippen LogP contribution in [0.5, 0.6) is 0 Å². The van der Waals surface area contributed by atoms with Gasteiger partial charge in [-0.25, -0.2) is 4.98 Å². The van der Waals surface area contributed by atoms with Crippen molar-refractivity contribution in [1.29, 1.82) is 0 Å². The van der Waals surface area contributed by atoms with Crippen LogP contribution in [0.15, 0.2) is 6.20 Å². The van der Waals surface area contributed by atoms with Crippen molar-refractivity contribution in [3.05, 3.63) is 17.7 Å². The van der Waals surface area contributed by atoms with Gasteiger partial charge in [-0.1, -0.05) is 0 Å². The smallest absolute Gasteiger partial charge is 0.105 e. The summed E-state index contributed by atoms with van der Waals surface area (Å²) in [6, 6.07) is 0. The normalized spacial score (nSPS) is 10.5. The maximum absolute atomic E-state index is 4.96. The Balaban J connectivity index is 2.77. The lowest BCUT2D eigenvalue weighted by atomic mass is 10.5. The van der Waals surface area contributed by atoms with Gasteiger partial charge in [0.25, 0.3) is 0 Å². The first-order valence-corrected chi connectivity index (χ1v) is 3.79. The number of nitrogens with zero attached hydrogens (tertiary/aromatic N) is 2. The standard InChI is InChI=1S/C8H14N2O/c1-4-10-5-8(6-11-3)9-7(10)2/h5H,4,6H2,1-3H3. The summed E-state index contributed by atoms with van der Waals surface area (Å²) < 4.78 is 7.07. The van der Waals surface area contributed by atoms with Crippen LogP contribution in [0, 0.1) is 6.92 Å². The number of methoxy groups -OCH3 is 1. The zero-order valence-electron chi connectivity index (χ0n) is 7.29. The third-order valence-corrected chi connectivity index (χ3v) is 1.66. The van der Waals surface area contributed by atoms with Crippen molar-refractivity contribution in [2.45, 2.75) is 27.0 Å². The monoisotopic (exact) mass is 154 g/mol. The molecule has 0 saturated heterocycles. The quantitative estimate of drug-likeness (QED) is 0.657. The minimum Gasteiger partial charge on any atom is -0.378 e. The highest BCUT2D eigenvalue weighted by Gasteiger charge is 2.00. The Morgan fingerprint density at radius 3 is 2.82 bits per heavy atom. The molecule has 0 aliphatic carbocycles. The minimum atomic E-state index is 0.605. The highest BCUT2D eigenvalue weighted by Crippen LogP contribution is 2.02. The first-order chi connectivity index (χ1) is 5.27. The van der Waals surface area contributed by atoms with Crippen molar-refractivity contribution in [3.63, 3.8) is 0 Å². The van der Waals surface area contributed by atoms with Crippen molar-refractivity contribution < 1.29 is 4.74 Å². The van der Waals surface area contributed by atoms with Gasteiger partial charge in [-0.05, 0) is 13.8 Å². The number of imidazole rings is 1. The predicted octanol–water partition coefficient (Wildman–Crippen LogP) is 1.36. The zero-order valence-corrected chi connectivity index (χ0v) is 7.29. The van der Waals surface area contributed by atoms with Crippen LogP contribution in [0.4, 0.5) is 0 Å². The Morgan fingerprint density at radius 2 is 2.36 bits per heavy atom. The summed E-state index contributed by atoms with van der Waals surface area (Å²) in [7, 11) is 1.68. The molecule has 0 saturated carbocycles. The number of aryl methyl sites for hydroxylation is 2. The van der Waals surface area contributed by atoms with Crippen molar-refractivity contribution in [3.8, 4) is 0 Å². The first kappa shape index (κ1) is 8.27. The molecule has 0 amide bonds. The third-order valence-electron chi connectivity index (χ3n) is 1.66. The van der Waals surface area contributed by atoms with Crippen LogP contribution < -0.4 is 0 Å². The molecule has 0 fully saturated rings. The Morgan fingerprint density at radius 1 is 1.64 bits per heavy atom. The van der Waals surface area contributed by atoms with E-state index in [1.807, 2.05) is 13.1 Å². The van der Waals surface area contributed by atoms with E-state index in [9.17, 15) is 0 Å². The molecule has 1 aromatic heterocycles. The molecule has 1 aromatic rings. The molecule has 62 valence electrons. The zero-order chi connectivity index (χ0) is 8.27. The topological polar surface area (TPSA) is 27.1 Å². The summed E-state index contributed by atoms with van der Waals surface area (Å²) >= 11 is 0. The lowest BCUT2D eigenvalue weighted by molar-refractivity contribution is 0.181. The van der Waals surface area contributed by atoms with Gasteiger partial charge in [-0.3, -0.25) is 0 Å². The summed E-state index contributed by atoms with van der Waals surface area (Å²) in [4.78, 5) is 4.31. The minimum absolute atomic E-state index is 0.605. The summed E-state index contributed by atoms with van der Waals surface area (Å²) in [6.07, 6.45) is 2.03. The second-order valence-electron chi connectivity index (χ2n) is 2.50. The lowest BCUT2D eigenvalue weighted by Gasteiger charge is -1.95. The van der Waals surface area contributed by atoms with E-state index >= 15 is 0 Å². The molecule has 0 spiro atoms. The maximum atomic E-state index is 4.96. The molecule has 0 unspecified atom stereocenters. The van der Waals surface area contributed by atoms with Gasteiger partial charge in [0.05, 0.1) is 12.3 Å². The number of hydrogen-bond donors (Lipinski definition) is 0. The summed E-state index contributed by atoms with van der Waals surface area (Å²) in [5.74, 6) is 1.06. The number of ether oxygens (including phenoxy) is 1. The highest BCUT2D eigenvalue weighted by molar-refractivity contribution is 5.01. The van der Waals surface area contributed by atoms with Crippen LogP contribution in [0.3, 0.4) is 0 Å². The Hall–Kier alpha value is -0.830. The molecule has 0 N–H and O–H groups in total. The molecule has 1 rings (SSSR count). The molecule has 0 aromatic carbocycles. The van der Waals surface area contributed by atoms with Crippen LogP contribution in [0.2, 0.25) is 0 Å². The molecular formula is C8H14N2O. The van der Waals surface area contributed by atoms with E-state index < -0.39 is 0 Å². The molecular weight excluding hydrogens is 140 g/mol. The largest absolute Gasteiger partial charge is 0.378 e. The van der Waals surface area contributed by atoms with Crippen LogP contribution in [0.1, 0.15) is 18.4 Å². The SMILES string of the molecule is CCn1cc(COC)nc1C. The highest BCUT2D eigenvalue weighted by atomic mass is 16.5. The summed E-state index contributed by atoms with van der Waals surface area (Å²) in [5, 5.41) is 0. The fourth-order valence-electron chi connectivity index (χ4n) is 1.11. The van der Waals surface area contributed by atoms with Crippen molar-refractivity contribution in [2.75, 3.05) is 7.11 Å². The van der Waals surface area contributed by atoms with Gasteiger partial charge in [0.15, 0.2) is 0 Å². The lowest BCUT2D eigenvalue weighted by Crippen LogP contribution is -1.93. The Bertz CT molecular complexity index is 230. The average Bonchev–Trinajstić information content (AvgIpc) is 2.32. The molecule has 3 nitrogen and oxygen atoms in total. The van der Waals surface area contributed by atoms with Gasteiger partial charge < -0.3 is 9.30 Å². The predicted molar refractivity (Wildman–Crippen MR) is 43.4 cm³/mol. The van der Waals surface area contributed by atoms with Crippen LogP contribution in [-0.4, -0.2) is 16.7 Å². The third kappa shape index (κ3) is 1.80. The first-order valence-electron chi connectivity index (χ1n) is 3.79. The fourth-order valence-corrected chi connectivity index (χ4v) is 1.11. The van der Waals surface area contributed by atoms with Gasteiger partial charge in [0.1, 0.15) is 5.82 Å². The van der Waals surface area contributed by atoms with Gasteiger partial charge >= 0.3 is 0 Å². The average molecular weight is 154 g/mol. The number of hydrogen-bond acceptors (Lipinski definition) is 2. The Kier molecular flexibility index (Phi) is 2.65. The second kappa shape index (κ2) is 3.53. The molecule has 0 aliphatic rings. The van der Waals surface area contributed by atoms with E-state index in [1.165, 1.54) is 0 Å². The second-order valence-corrected chi connectivity index (χ2v) is 2.50. The molecule has 3 heteroatoms. The molecule has 1 heterocycles. The number of aromatic nitrogens is 2. The Labute approximate surface area is 67.0 Å². The van der Waals surface area contributed by atoms with E-state index in [1.54, 1.807) is 7.11 Å². The number of rotatable bonds is 3. The fraction of sp³-hybridized carbons (Fsp3) is 0.625. The van der Waals surface area contributed by atoms with Crippen LogP contribution in [-0.2, 0) is 17.9 Å². The van der Waals surface area contributed by atoms with Gasteiger partial charge in [-0.2, -0.15) is 0 Å². The van der Waals surface area contributed by atoms with Gasteiger partial charge in [0.2, 0.25) is 0 Å². The van der Waals surface area contributed by atoms with Crippen LogP contribution >= 0.6 is 0 Å². The van der Waals surface area contributed by atoms with E-state index in [-0.39, 0.29) is 0 Å². The molecule has 0 aliphatic heterocycles. The molecule has 11 heavy (non-hydrogen) atoms. The van der Waals surface area contributed by atoms with Crippen LogP contribution in [0.25, 0.3) is 0 Å². The molecule has 0 atom stereocenters. The maximum Gasteiger partial charge on any atom is 0.105 e. The van der Waals surface area contributed by atoms with E-state index in [2.05, 4.69) is 16.5 Å². The van der Waals surface area contributed by atoms with Gasteiger partial charge in [-0.15, -0.1) is 0 Å². The van der Waals surface area contributed by atoms with Crippen molar-refractivity contribution >= 4 is 0 Å². The van der Waals surface area contributed by atoms with Gasteiger partial charge in [0, 0.05) is 19.9 Å². The van der Waals surface area contributed by atoms with Crippen molar-refractivity contribution in [2.24, 2.45) is 0 Å². The van der Waals surface area contributed by atoms with E-state index in [0.29, 0.717) is 6.61 Å². The van der Waals surface area contributed by atoms with Crippen molar-refractivity contribution in [1.82, 2.24) is 9.55 Å². The van der Waals surface area contributed by atoms with E-state index in [4.69, 9.17) is 4.74 Å². The van der Waals surface area contributed by atoms with E-state index in [0.717, 1.165) is 18.1 Å². The molecule has 0 bridgehead atoms. The summed E-state index contributed by atoms with van der Waals surface area (Å²) in [5.41, 5.74) is 1.01. The summed E-state index contributed by atoms with van der Waals surface area (Å²) in [6.45, 7) is 5.68.